The minimum Gasteiger partial charge on any atom is -0.395 e. The molecule has 0 spiro atoms. The van der Waals surface area contributed by atoms with Crippen LogP contribution in [0.5, 0.6) is 0 Å². The lowest BCUT2D eigenvalue weighted by Gasteiger charge is -2.06. The number of aryl methyl sites for hydroxylation is 1. The Morgan fingerprint density at radius 2 is 2.21 bits per heavy atom. The number of alkyl halides is 3. The molecule has 2 N–H and O–H groups in total. The Balaban J connectivity index is 2.73. The summed E-state index contributed by atoms with van der Waals surface area (Å²) in [6.07, 6.45) is -4.11. The lowest BCUT2D eigenvalue weighted by molar-refractivity contribution is -0.123. The number of aliphatic hydroxyl groups is 1. The first-order valence-electron chi connectivity index (χ1n) is 5.38. The van der Waals surface area contributed by atoms with E-state index in [2.05, 4.69) is 11.8 Å². The quantitative estimate of drug-likeness (QED) is 0.838. The first kappa shape index (κ1) is 15.5. The van der Waals surface area contributed by atoms with Crippen molar-refractivity contribution in [1.82, 2.24) is 5.32 Å². The van der Waals surface area contributed by atoms with E-state index in [1.54, 1.807) is 12.2 Å². The Morgan fingerprint density at radius 1 is 1.53 bits per heavy atom. The van der Waals surface area contributed by atoms with Crippen molar-refractivity contribution in [3.8, 4) is 11.8 Å². The molecule has 1 heterocycles. The zero-order chi connectivity index (χ0) is 14.5. The molecule has 1 rings (SSSR count). The van der Waals surface area contributed by atoms with Crippen LogP contribution < -0.4 is 5.32 Å². The number of amides is 1. The van der Waals surface area contributed by atoms with Crippen LogP contribution in [0.3, 0.4) is 0 Å². The third-order valence-electron chi connectivity index (χ3n) is 2.03. The molecular formula is C12H12F3NO2S. The highest BCUT2D eigenvalue weighted by molar-refractivity contribution is 7.14. The van der Waals surface area contributed by atoms with E-state index < -0.39 is 18.6 Å². The number of hydrogen-bond acceptors (Lipinski definition) is 3. The molecule has 104 valence electrons. The first-order valence-corrected chi connectivity index (χ1v) is 6.20. The number of halogens is 3. The van der Waals surface area contributed by atoms with Gasteiger partial charge < -0.3 is 10.4 Å². The number of thiophene rings is 1. The molecule has 0 aliphatic carbocycles. The largest absolute Gasteiger partial charge is 0.405 e. The van der Waals surface area contributed by atoms with E-state index in [0.29, 0.717) is 11.3 Å². The van der Waals surface area contributed by atoms with Crippen LogP contribution >= 0.6 is 11.3 Å². The Morgan fingerprint density at radius 3 is 2.79 bits per heavy atom. The van der Waals surface area contributed by atoms with Gasteiger partial charge in [0.2, 0.25) is 0 Å². The van der Waals surface area contributed by atoms with Crippen molar-refractivity contribution in [2.24, 2.45) is 0 Å². The van der Waals surface area contributed by atoms with E-state index in [-0.39, 0.29) is 11.5 Å². The molecule has 0 atom stereocenters. The molecule has 0 aliphatic rings. The molecule has 1 amide bonds. The summed E-state index contributed by atoms with van der Waals surface area (Å²) in [5.74, 6) is 4.70. The molecule has 0 radical (unpaired) electrons. The molecule has 19 heavy (non-hydrogen) atoms. The van der Waals surface area contributed by atoms with Crippen molar-refractivity contribution in [2.75, 3.05) is 13.2 Å². The molecule has 1 aromatic rings. The summed E-state index contributed by atoms with van der Waals surface area (Å²) in [7, 11) is 0. The normalized spacial score (nSPS) is 10.8. The van der Waals surface area contributed by atoms with Crippen LogP contribution in [0.2, 0.25) is 0 Å². The topological polar surface area (TPSA) is 49.3 Å². The summed E-state index contributed by atoms with van der Waals surface area (Å²) in [5, 5.41) is 10.4. The van der Waals surface area contributed by atoms with Crippen molar-refractivity contribution in [1.29, 1.82) is 0 Å². The number of aliphatic hydroxyl groups excluding tert-OH is 1. The number of hydrogen-bond donors (Lipinski definition) is 2. The minimum absolute atomic E-state index is 0.0592. The van der Waals surface area contributed by atoms with Crippen molar-refractivity contribution >= 4 is 17.2 Å². The van der Waals surface area contributed by atoms with Crippen LogP contribution in [-0.4, -0.2) is 30.3 Å². The van der Waals surface area contributed by atoms with Crippen LogP contribution in [-0.2, 0) is 0 Å². The van der Waals surface area contributed by atoms with Crippen molar-refractivity contribution in [2.45, 2.75) is 19.5 Å². The summed E-state index contributed by atoms with van der Waals surface area (Å²) in [6, 6.07) is 1.50. The zero-order valence-corrected chi connectivity index (χ0v) is 10.9. The van der Waals surface area contributed by atoms with Gasteiger partial charge in [0.25, 0.3) is 5.91 Å². The molecule has 1 aromatic heterocycles. The Kier molecular flexibility index (Phi) is 5.39. The maximum absolute atomic E-state index is 12.0. The van der Waals surface area contributed by atoms with Gasteiger partial charge in [-0.15, -0.1) is 11.3 Å². The lowest BCUT2D eigenvalue weighted by atomic mass is 10.2. The zero-order valence-electron chi connectivity index (χ0n) is 10.1. The number of nitrogens with one attached hydrogen (secondary N) is 1. The third-order valence-corrected chi connectivity index (χ3v) is 3.18. The highest BCUT2D eigenvalue weighted by Gasteiger charge is 2.28. The summed E-state index contributed by atoms with van der Waals surface area (Å²) in [4.78, 5) is 12.3. The molecule has 0 aliphatic heterocycles. The monoisotopic (exact) mass is 291 g/mol. The van der Waals surface area contributed by atoms with Gasteiger partial charge in [-0.1, -0.05) is 11.8 Å². The number of carbonyl (C=O) groups is 1. The third kappa shape index (κ3) is 5.32. The highest BCUT2D eigenvalue weighted by atomic mass is 32.1. The van der Waals surface area contributed by atoms with Crippen molar-refractivity contribution in [3.63, 3.8) is 0 Å². The van der Waals surface area contributed by atoms with Gasteiger partial charge in [-0.3, -0.25) is 4.79 Å². The molecular weight excluding hydrogens is 279 g/mol. The summed E-state index contributed by atoms with van der Waals surface area (Å²) < 4.78 is 35.9. The molecule has 0 fully saturated rings. The summed E-state index contributed by atoms with van der Waals surface area (Å²) >= 11 is 1.03. The van der Waals surface area contributed by atoms with Gasteiger partial charge >= 0.3 is 6.18 Å². The van der Waals surface area contributed by atoms with Crippen LogP contribution in [0, 0.1) is 18.8 Å². The standard InChI is InChI=1S/C12H12F3NO2S/c1-8-6-10(11(18)16-7-12(13,14)15)19-9(8)4-2-3-5-17/h6,17H,3,5,7H2,1H3,(H,16,18). The molecule has 7 heteroatoms. The van der Waals surface area contributed by atoms with E-state index in [1.165, 1.54) is 6.07 Å². The Bertz CT molecular complexity index is 511. The lowest BCUT2D eigenvalue weighted by Crippen LogP contribution is -2.33. The highest BCUT2D eigenvalue weighted by Crippen LogP contribution is 2.21. The van der Waals surface area contributed by atoms with Gasteiger partial charge in [0, 0.05) is 6.42 Å². The predicted molar refractivity (Wildman–Crippen MR) is 66.0 cm³/mol. The van der Waals surface area contributed by atoms with Gasteiger partial charge in [-0.25, -0.2) is 0 Å². The van der Waals surface area contributed by atoms with E-state index in [1.807, 2.05) is 0 Å². The van der Waals surface area contributed by atoms with Crippen molar-refractivity contribution in [3.05, 3.63) is 21.4 Å². The second-order valence-electron chi connectivity index (χ2n) is 3.70. The molecule has 0 saturated carbocycles. The Hall–Kier alpha value is -1.52. The average Bonchev–Trinajstić information content (AvgIpc) is 2.67. The molecule has 0 saturated heterocycles. The second kappa shape index (κ2) is 6.59. The van der Waals surface area contributed by atoms with E-state index >= 15 is 0 Å². The van der Waals surface area contributed by atoms with E-state index in [0.717, 1.165) is 16.9 Å². The Labute approximate surface area is 112 Å². The van der Waals surface area contributed by atoms with Gasteiger partial charge in [0.1, 0.15) is 6.54 Å². The van der Waals surface area contributed by atoms with Gasteiger partial charge in [0.05, 0.1) is 16.4 Å². The molecule has 0 aromatic carbocycles. The van der Waals surface area contributed by atoms with Crippen LogP contribution in [0.15, 0.2) is 6.07 Å². The number of rotatable bonds is 3. The van der Waals surface area contributed by atoms with Crippen LogP contribution in [0.4, 0.5) is 13.2 Å². The van der Waals surface area contributed by atoms with E-state index in [4.69, 9.17) is 5.11 Å². The van der Waals surface area contributed by atoms with E-state index in [9.17, 15) is 18.0 Å². The average molecular weight is 291 g/mol. The maximum atomic E-state index is 12.0. The summed E-state index contributed by atoms with van der Waals surface area (Å²) in [6.45, 7) is 0.310. The molecule has 0 bridgehead atoms. The molecule has 0 unspecified atom stereocenters. The fourth-order valence-corrected chi connectivity index (χ4v) is 2.15. The minimum atomic E-state index is -4.42. The van der Waals surface area contributed by atoms with Gasteiger partial charge in [0.15, 0.2) is 0 Å². The fraction of sp³-hybridized carbons (Fsp3) is 0.417. The maximum Gasteiger partial charge on any atom is 0.405 e. The summed E-state index contributed by atoms with van der Waals surface area (Å²) in [5.41, 5.74) is 0.729. The van der Waals surface area contributed by atoms with Crippen molar-refractivity contribution < 1.29 is 23.1 Å². The number of carbonyl (C=O) groups excluding carboxylic acids is 1. The first-order chi connectivity index (χ1) is 8.83. The van der Waals surface area contributed by atoms with Gasteiger partial charge in [-0.2, -0.15) is 13.2 Å². The molecule has 3 nitrogen and oxygen atoms in total. The van der Waals surface area contributed by atoms with Crippen LogP contribution in [0.1, 0.15) is 26.5 Å². The predicted octanol–water partition coefficient (Wildman–Crippen LogP) is 2.08. The smallest absolute Gasteiger partial charge is 0.395 e. The van der Waals surface area contributed by atoms with Gasteiger partial charge in [-0.05, 0) is 18.6 Å². The second-order valence-corrected chi connectivity index (χ2v) is 4.75. The SMILES string of the molecule is Cc1cc(C(=O)NCC(F)(F)F)sc1C#CCCO. The fourth-order valence-electron chi connectivity index (χ4n) is 1.18. The van der Waals surface area contributed by atoms with Crippen LogP contribution in [0.25, 0.3) is 0 Å².